The highest BCUT2D eigenvalue weighted by Crippen LogP contribution is 2.36. The lowest BCUT2D eigenvalue weighted by atomic mass is 9.78. The van der Waals surface area contributed by atoms with Gasteiger partial charge in [-0.1, -0.05) is 122 Å². The Kier molecular flexibility index (Phi) is 17.0. The number of hydrogen-bond acceptors (Lipinski definition) is 2. The SMILES string of the molecule is CCCC1CCC(CCc2ccc(OC(F)(F)C(F)F)cc2)CC1.CCCCC1CCC(CCc2ccc(OC(F)(F)C(F)F)cc2)CC1. The van der Waals surface area contributed by atoms with Gasteiger partial charge in [0.05, 0.1) is 0 Å². The largest absolute Gasteiger partial charge is 0.461 e. The summed E-state index contributed by atoms with van der Waals surface area (Å²) in [6.07, 6.45) is 4.28. The number of halogens is 8. The van der Waals surface area contributed by atoms with Crippen molar-refractivity contribution in [2.45, 2.75) is 148 Å². The Morgan fingerprint density at radius 3 is 1.14 bits per heavy atom. The highest BCUT2D eigenvalue weighted by molar-refractivity contribution is 5.28. The average Bonchev–Trinajstić information content (AvgIpc) is 3.08. The second-order valence-corrected chi connectivity index (χ2v) is 14.0. The van der Waals surface area contributed by atoms with Crippen LogP contribution in [0.1, 0.15) is 121 Å². The first-order valence-electron chi connectivity index (χ1n) is 18.2. The predicted molar refractivity (Wildman–Crippen MR) is 178 cm³/mol. The van der Waals surface area contributed by atoms with Crippen LogP contribution >= 0.6 is 0 Å². The Balaban J connectivity index is 0.000000266. The minimum atomic E-state index is -4.45. The van der Waals surface area contributed by atoms with Crippen molar-refractivity contribution in [1.82, 2.24) is 0 Å². The van der Waals surface area contributed by atoms with Gasteiger partial charge in [0.25, 0.3) is 0 Å². The number of rotatable bonds is 17. The smallest absolute Gasteiger partial charge is 0.428 e. The molecule has 2 saturated carbocycles. The topological polar surface area (TPSA) is 18.5 Å². The fourth-order valence-corrected chi connectivity index (χ4v) is 7.11. The third-order valence-corrected chi connectivity index (χ3v) is 10.1. The highest BCUT2D eigenvalue weighted by Gasteiger charge is 2.44. The normalized spacial score (nSPS) is 21.7. The summed E-state index contributed by atoms with van der Waals surface area (Å²) in [6.45, 7) is 4.47. The molecule has 2 fully saturated rings. The van der Waals surface area contributed by atoms with Crippen molar-refractivity contribution < 1.29 is 44.6 Å². The van der Waals surface area contributed by atoms with E-state index < -0.39 is 25.1 Å². The van der Waals surface area contributed by atoms with Crippen LogP contribution in [0.3, 0.4) is 0 Å². The fraction of sp³-hybridized carbons (Fsp3) is 0.692. The molecule has 2 aliphatic carbocycles. The van der Waals surface area contributed by atoms with Crippen molar-refractivity contribution in [3.05, 3.63) is 59.7 Å². The Morgan fingerprint density at radius 1 is 0.510 bits per heavy atom. The maximum atomic E-state index is 12.9. The van der Waals surface area contributed by atoms with E-state index in [0.717, 1.165) is 60.5 Å². The zero-order chi connectivity index (χ0) is 35.9. The minimum absolute atomic E-state index is 0.231. The number of unbranched alkanes of at least 4 members (excludes halogenated alkanes) is 1. The van der Waals surface area contributed by atoms with Crippen LogP contribution in [0.15, 0.2) is 48.5 Å². The molecule has 10 heteroatoms. The number of alkyl halides is 8. The van der Waals surface area contributed by atoms with E-state index in [-0.39, 0.29) is 11.5 Å². The molecule has 0 N–H and O–H groups in total. The molecule has 0 unspecified atom stereocenters. The van der Waals surface area contributed by atoms with Crippen LogP contribution < -0.4 is 9.47 Å². The van der Waals surface area contributed by atoms with E-state index in [1.54, 1.807) is 24.3 Å². The van der Waals surface area contributed by atoms with Crippen LogP contribution in [0, 0.1) is 23.7 Å². The summed E-state index contributed by atoms with van der Waals surface area (Å²) in [7, 11) is 0. The standard InChI is InChI=1S/C20H28F4O.C19H26F4O/c1-2-3-4-15-5-7-16(8-6-15)9-10-17-11-13-18(14-12-17)25-20(23,24)19(21)22;1-2-3-14-4-6-15(7-5-14)8-9-16-10-12-17(13-11-16)24-19(22,23)18(20)21/h11-16,19H,2-10H2,1H3;10-15,18H,2-9H2,1H3. The van der Waals surface area contributed by atoms with Crippen LogP contribution in [-0.4, -0.2) is 25.1 Å². The van der Waals surface area contributed by atoms with Gasteiger partial charge in [0.2, 0.25) is 0 Å². The lowest BCUT2D eigenvalue weighted by Gasteiger charge is -2.28. The zero-order valence-electron chi connectivity index (χ0n) is 28.9. The molecular weight excluding hydrogens is 652 g/mol. The van der Waals surface area contributed by atoms with Gasteiger partial charge in [-0.25, -0.2) is 0 Å². The van der Waals surface area contributed by atoms with Crippen molar-refractivity contribution in [3.8, 4) is 11.5 Å². The van der Waals surface area contributed by atoms with Crippen LogP contribution in [-0.2, 0) is 12.8 Å². The Labute approximate surface area is 287 Å². The summed E-state index contributed by atoms with van der Waals surface area (Å²) < 4.78 is 108. The van der Waals surface area contributed by atoms with Crippen LogP contribution in [0.5, 0.6) is 11.5 Å². The van der Waals surface area contributed by atoms with E-state index in [4.69, 9.17) is 0 Å². The van der Waals surface area contributed by atoms with Crippen molar-refractivity contribution in [1.29, 1.82) is 0 Å². The van der Waals surface area contributed by atoms with Crippen LogP contribution in [0.2, 0.25) is 0 Å². The summed E-state index contributed by atoms with van der Waals surface area (Å²) in [6, 6.07) is 12.1. The first kappa shape index (κ1) is 40.9. The van der Waals surface area contributed by atoms with Gasteiger partial charge in [0, 0.05) is 0 Å². The summed E-state index contributed by atoms with van der Waals surface area (Å²) in [5, 5.41) is 0. The number of ether oxygens (including phenoxy) is 2. The molecule has 0 atom stereocenters. The molecule has 0 amide bonds. The molecule has 278 valence electrons. The molecular formula is C39H54F8O2. The summed E-state index contributed by atoms with van der Waals surface area (Å²) in [4.78, 5) is 0. The maximum absolute atomic E-state index is 12.9. The molecule has 2 aliphatic rings. The molecule has 0 aliphatic heterocycles. The van der Waals surface area contributed by atoms with E-state index in [2.05, 4.69) is 23.3 Å². The first-order valence-corrected chi connectivity index (χ1v) is 18.2. The lowest BCUT2D eigenvalue weighted by molar-refractivity contribution is -0.253. The lowest BCUT2D eigenvalue weighted by Crippen LogP contribution is -2.33. The highest BCUT2D eigenvalue weighted by atomic mass is 19.3. The van der Waals surface area contributed by atoms with Gasteiger partial charge in [-0.05, 0) is 84.7 Å². The molecule has 4 rings (SSSR count). The molecule has 0 aromatic heterocycles. The van der Waals surface area contributed by atoms with Gasteiger partial charge in [0.1, 0.15) is 11.5 Å². The van der Waals surface area contributed by atoms with Gasteiger partial charge in [0.15, 0.2) is 0 Å². The molecule has 2 nitrogen and oxygen atoms in total. The number of hydrogen-bond donors (Lipinski definition) is 0. The average molecular weight is 707 g/mol. The van der Waals surface area contributed by atoms with Crippen molar-refractivity contribution in [3.63, 3.8) is 0 Å². The van der Waals surface area contributed by atoms with Crippen molar-refractivity contribution in [2.75, 3.05) is 0 Å². The van der Waals surface area contributed by atoms with E-state index in [1.807, 2.05) is 0 Å². The second kappa shape index (κ2) is 20.4. The van der Waals surface area contributed by atoms with Gasteiger partial charge in [-0.2, -0.15) is 35.1 Å². The Morgan fingerprint density at radius 2 is 0.837 bits per heavy atom. The molecule has 0 radical (unpaired) electrons. The van der Waals surface area contributed by atoms with Gasteiger partial charge < -0.3 is 9.47 Å². The molecule has 49 heavy (non-hydrogen) atoms. The van der Waals surface area contributed by atoms with E-state index in [1.165, 1.54) is 108 Å². The third-order valence-electron chi connectivity index (χ3n) is 10.1. The van der Waals surface area contributed by atoms with E-state index in [9.17, 15) is 35.1 Å². The van der Waals surface area contributed by atoms with Crippen molar-refractivity contribution >= 4 is 0 Å². The van der Waals surface area contributed by atoms with E-state index in [0.29, 0.717) is 0 Å². The van der Waals surface area contributed by atoms with Crippen molar-refractivity contribution in [2.24, 2.45) is 23.7 Å². The zero-order valence-corrected chi connectivity index (χ0v) is 28.9. The Bertz CT molecular complexity index is 1160. The number of benzene rings is 2. The second-order valence-electron chi connectivity index (χ2n) is 14.0. The number of aryl methyl sites for hydroxylation is 2. The predicted octanol–water partition coefficient (Wildman–Crippen LogP) is 13.3. The minimum Gasteiger partial charge on any atom is -0.428 e. The first-order chi connectivity index (χ1) is 23.3. The van der Waals surface area contributed by atoms with Gasteiger partial charge in [-0.3, -0.25) is 0 Å². The molecule has 0 saturated heterocycles. The fourth-order valence-electron chi connectivity index (χ4n) is 7.11. The van der Waals surface area contributed by atoms with Gasteiger partial charge in [-0.15, -0.1) is 0 Å². The Hall–Kier alpha value is -2.52. The van der Waals surface area contributed by atoms with Gasteiger partial charge >= 0.3 is 25.1 Å². The molecule has 2 aromatic rings. The molecule has 0 spiro atoms. The van der Waals surface area contributed by atoms with Crippen LogP contribution in [0.25, 0.3) is 0 Å². The summed E-state index contributed by atoms with van der Waals surface area (Å²) >= 11 is 0. The third kappa shape index (κ3) is 14.7. The van der Waals surface area contributed by atoms with E-state index >= 15 is 0 Å². The maximum Gasteiger partial charge on any atom is 0.461 e. The quantitative estimate of drug-likeness (QED) is 0.153. The monoisotopic (exact) mass is 706 g/mol. The molecule has 0 bridgehead atoms. The molecule has 2 aromatic carbocycles. The summed E-state index contributed by atoms with van der Waals surface area (Å²) in [5.41, 5.74) is 2.05. The van der Waals surface area contributed by atoms with Crippen LogP contribution in [0.4, 0.5) is 35.1 Å². The molecule has 0 heterocycles. The summed E-state index contributed by atoms with van der Waals surface area (Å²) in [5.74, 6) is 2.78.